The van der Waals surface area contributed by atoms with Crippen LogP contribution in [0.4, 0.5) is 58.4 Å². The summed E-state index contributed by atoms with van der Waals surface area (Å²) < 4.78 is 207. The van der Waals surface area contributed by atoms with E-state index in [1.54, 1.807) is 37.5 Å². The van der Waals surface area contributed by atoms with Crippen molar-refractivity contribution in [1.82, 2.24) is 29.9 Å². The second-order valence-electron chi connectivity index (χ2n) is 15.4. The fraction of sp³-hybridized carbons (Fsp3) is 0.200. The molecule has 10 N–H and O–H groups in total. The number of nitrogens with one attached hydrogen (secondary N) is 4. The SMILES string of the molecule is CCN(CC)c1nc(Nc2ccc(/C=C/c3ccc(Nc4nc(Nc5cc(S(=O)(=O)O)ccc5S(=O)(=O)O)nc(N(CC)CC)n4)cc3S(=O)(=O)O)c(S(=O)(=O)O)c2)nc(Nc2cc(S(=O)(=O)O)ccc2S(=O)(=O)O)n1.[Na]. The predicted molar refractivity (Wildman–Crippen MR) is 279 cm³/mol. The Morgan fingerprint density at radius 3 is 0.961 bits per heavy atom. The molecular formula is C40H44N12NaO18S6. The molecule has 0 saturated heterocycles. The van der Waals surface area contributed by atoms with Crippen molar-refractivity contribution in [3.05, 3.63) is 83.9 Å². The predicted octanol–water partition coefficient (Wildman–Crippen LogP) is 3.99. The van der Waals surface area contributed by atoms with Gasteiger partial charge in [0.05, 0.1) is 21.2 Å². The van der Waals surface area contributed by atoms with Crippen LogP contribution in [0.3, 0.4) is 0 Å². The minimum Gasteiger partial charge on any atom is -0.341 e. The van der Waals surface area contributed by atoms with Crippen molar-refractivity contribution in [1.29, 1.82) is 0 Å². The molecule has 0 unspecified atom stereocenters. The Kier molecular flexibility index (Phi) is 19.1. The molecule has 77 heavy (non-hydrogen) atoms. The maximum absolute atomic E-state index is 12.8. The number of aromatic nitrogens is 6. The smallest absolute Gasteiger partial charge is 0.296 e. The van der Waals surface area contributed by atoms with Crippen LogP contribution in [0.25, 0.3) is 12.2 Å². The summed E-state index contributed by atoms with van der Waals surface area (Å²) in [4.78, 5) is 24.0. The van der Waals surface area contributed by atoms with Crippen LogP contribution in [0.2, 0.25) is 0 Å². The van der Waals surface area contributed by atoms with Crippen molar-refractivity contribution >= 4 is 161 Å². The van der Waals surface area contributed by atoms with E-state index >= 15 is 0 Å². The zero-order valence-electron chi connectivity index (χ0n) is 40.5. The van der Waals surface area contributed by atoms with Crippen molar-refractivity contribution < 1.29 is 77.8 Å². The molecular weight excluding hydrogens is 1150 g/mol. The summed E-state index contributed by atoms with van der Waals surface area (Å²) in [5.41, 5.74) is -1.84. The van der Waals surface area contributed by atoms with Gasteiger partial charge in [0.25, 0.3) is 60.7 Å². The monoisotopic (exact) mass is 1200 g/mol. The first kappa shape index (κ1) is 61.7. The van der Waals surface area contributed by atoms with Gasteiger partial charge < -0.3 is 31.1 Å². The standard InChI is InChI=1S/C40H44N12O18S6.Na/c1-5-51(6-2)39-47-35(45-37(49-39)43-29-21-27(71(53,54)55)15-17-31(29)73(59,60)61)41-25-13-11-23(33(19-25)75(65,66)67)9-10-24-12-14-26(20-34(24)76(68,69)70)42-36-46-38(50-40(48-36)52(7-3)8-4)44-30-22-28(72(56,57)58)16-18-32(30)74(62,63)64;/h9-22H,5-8H2,1-4H3,(H,53,54,55)(H,56,57,58)(H,59,60,61)(H,62,63,64)(H,65,66,67)(H,68,69,70)(H2,41,43,45,47,49)(H2,42,44,46,48,50);/b10-9+;. The molecule has 0 aliphatic heterocycles. The maximum Gasteiger partial charge on any atom is 0.296 e. The average Bonchev–Trinajstić information content (AvgIpc) is 3.30. The Morgan fingerprint density at radius 2 is 0.688 bits per heavy atom. The molecule has 1 radical (unpaired) electrons. The summed E-state index contributed by atoms with van der Waals surface area (Å²) in [5, 5.41) is 10.4. The number of benzene rings is 4. The topological polar surface area (TPSA) is 458 Å². The molecule has 0 spiro atoms. The van der Waals surface area contributed by atoms with Gasteiger partial charge in [0.1, 0.15) is 19.6 Å². The Labute approximate surface area is 463 Å². The first-order valence-corrected chi connectivity index (χ1v) is 30.0. The number of rotatable bonds is 22. The fourth-order valence-corrected chi connectivity index (χ4v) is 10.5. The number of anilines is 10. The molecule has 30 nitrogen and oxygen atoms in total. The van der Waals surface area contributed by atoms with Gasteiger partial charge in [0.2, 0.25) is 35.7 Å². The number of nitrogens with zero attached hydrogens (tertiary/aromatic N) is 8. The molecule has 0 saturated carbocycles. The second-order valence-corrected chi connectivity index (χ2v) is 23.8. The average molecular weight is 1200 g/mol. The maximum atomic E-state index is 12.8. The Bertz CT molecular complexity index is 3730. The molecule has 409 valence electrons. The molecule has 0 bridgehead atoms. The Hall–Kier alpha value is -6.10. The Morgan fingerprint density at radius 1 is 0.390 bits per heavy atom. The number of hydrogen-bond donors (Lipinski definition) is 10. The summed E-state index contributed by atoms with van der Waals surface area (Å²) in [6.45, 7) is 8.18. The molecule has 0 aliphatic carbocycles. The van der Waals surface area contributed by atoms with Crippen LogP contribution < -0.4 is 31.1 Å². The molecule has 2 heterocycles. The summed E-state index contributed by atoms with van der Waals surface area (Å²) in [7, 11) is -30.0. The van der Waals surface area contributed by atoms with Gasteiger partial charge in [-0.25, -0.2) is 0 Å². The molecule has 0 atom stereocenters. The minimum atomic E-state index is -5.10. The van der Waals surface area contributed by atoms with E-state index in [0.29, 0.717) is 50.4 Å². The van der Waals surface area contributed by atoms with Crippen LogP contribution in [0.1, 0.15) is 38.8 Å². The van der Waals surface area contributed by atoms with Crippen molar-refractivity contribution in [3.8, 4) is 0 Å². The summed E-state index contributed by atoms with van der Waals surface area (Å²) in [5.74, 6) is -1.65. The fourth-order valence-electron chi connectivity index (χ4n) is 6.86. The normalized spacial score (nSPS) is 12.4. The Balaban J connectivity index is 0.0000109. The van der Waals surface area contributed by atoms with Crippen LogP contribution >= 0.6 is 0 Å². The largest absolute Gasteiger partial charge is 0.341 e. The van der Waals surface area contributed by atoms with Crippen LogP contribution in [0, 0.1) is 0 Å². The summed E-state index contributed by atoms with van der Waals surface area (Å²) >= 11 is 0. The van der Waals surface area contributed by atoms with Crippen LogP contribution in [-0.2, 0) is 60.7 Å². The molecule has 37 heteroatoms. The zero-order chi connectivity index (χ0) is 56.3. The van der Waals surface area contributed by atoms with Crippen LogP contribution in [0.5, 0.6) is 0 Å². The zero-order valence-corrected chi connectivity index (χ0v) is 47.4. The van der Waals surface area contributed by atoms with Gasteiger partial charge in [0, 0.05) is 67.1 Å². The van der Waals surface area contributed by atoms with E-state index in [1.165, 1.54) is 24.3 Å². The van der Waals surface area contributed by atoms with E-state index in [2.05, 4.69) is 51.2 Å². The molecule has 0 fully saturated rings. The second kappa shape index (κ2) is 23.9. The van der Waals surface area contributed by atoms with E-state index in [1.807, 2.05) is 0 Å². The molecule has 0 aliphatic rings. The molecule has 4 aromatic carbocycles. The molecule has 6 aromatic rings. The third-order valence-corrected chi connectivity index (χ3v) is 15.8. The van der Waals surface area contributed by atoms with Crippen molar-refractivity contribution in [2.45, 2.75) is 57.1 Å². The molecule has 0 amide bonds. The molecule has 2 aromatic heterocycles. The number of hydrogen-bond acceptors (Lipinski definition) is 24. The van der Waals surface area contributed by atoms with E-state index in [4.69, 9.17) is 0 Å². The summed E-state index contributed by atoms with van der Waals surface area (Å²) in [6, 6.07) is 11.0. The van der Waals surface area contributed by atoms with Gasteiger partial charge in [0.15, 0.2) is 0 Å². The first-order valence-electron chi connectivity index (χ1n) is 21.4. The summed E-state index contributed by atoms with van der Waals surface area (Å²) in [6.07, 6.45) is 2.16. The van der Waals surface area contributed by atoms with Crippen molar-refractivity contribution in [2.24, 2.45) is 0 Å². The van der Waals surface area contributed by atoms with Gasteiger partial charge in [-0.1, -0.05) is 24.3 Å². The van der Waals surface area contributed by atoms with Gasteiger partial charge in [-0.3, -0.25) is 27.3 Å². The third kappa shape index (κ3) is 15.8. The van der Waals surface area contributed by atoms with Crippen molar-refractivity contribution in [3.63, 3.8) is 0 Å². The van der Waals surface area contributed by atoms with E-state index in [0.717, 1.165) is 36.4 Å². The van der Waals surface area contributed by atoms with E-state index < -0.39 is 113 Å². The van der Waals surface area contributed by atoms with Crippen LogP contribution in [-0.4, -0.2) is 163 Å². The minimum absolute atomic E-state index is 0. The van der Waals surface area contributed by atoms with E-state index in [-0.39, 0.29) is 75.9 Å². The van der Waals surface area contributed by atoms with E-state index in [9.17, 15) is 77.8 Å². The van der Waals surface area contributed by atoms with Gasteiger partial charge >= 0.3 is 0 Å². The van der Waals surface area contributed by atoms with Gasteiger partial charge in [-0.15, -0.1) is 0 Å². The van der Waals surface area contributed by atoms with Gasteiger partial charge in [-0.2, -0.15) is 80.4 Å². The third-order valence-electron chi connectivity index (χ3n) is 10.4. The first-order chi connectivity index (χ1) is 35.2. The van der Waals surface area contributed by atoms with Crippen molar-refractivity contribution in [2.75, 3.05) is 57.2 Å². The van der Waals surface area contributed by atoms with Gasteiger partial charge in [-0.05, 0) is 99.5 Å². The van der Waals surface area contributed by atoms with Crippen LogP contribution in [0.15, 0.2) is 102 Å². The molecule has 6 rings (SSSR count). The quantitative estimate of drug-likeness (QED) is 0.0261.